The molecular formula is C12H22O4Si. The van der Waals surface area contributed by atoms with Crippen molar-refractivity contribution in [3.05, 3.63) is 0 Å². The Morgan fingerprint density at radius 1 is 1.47 bits per heavy atom. The van der Waals surface area contributed by atoms with E-state index in [1.165, 1.54) is 0 Å². The maximum absolute atomic E-state index is 11.1. The maximum atomic E-state index is 11.1. The van der Waals surface area contributed by atoms with Gasteiger partial charge in [-0.15, -0.1) is 0 Å². The van der Waals surface area contributed by atoms with Crippen LogP contribution in [0.15, 0.2) is 0 Å². The highest BCUT2D eigenvalue weighted by molar-refractivity contribution is 6.74. The number of aldehydes is 1. The third-order valence-electron chi connectivity index (χ3n) is 3.65. The van der Waals surface area contributed by atoms with Gasteiger partial charge in [-0.05, 0) is 24.6 Å². The molecular weight excluding hydrogens is 236 g/mol. The zero-order valence-electron chi connectivity index (χ0n) is 11.3. The summed E-state index contributed by atoms with van der Waals surface area (Å²) in [5.41, 5.74) is 0. The molecule has 2 atom stereocenters. The van der Waals surface area contributed by atoms with E-state index >= 15 is 0 Å². The van der Waals surface area contributed by atoms with Gasteiger partial charge in [0.1, 0.15) is 12.2 Å². The van der Waals surface area contributed by atoms with Crippen LogP contribution in [0.25, 0.3) is 0 Å². The number of cyclic esters (lactones) is 1. The fourth-order valence-electron chi connectivity index (χ4n) is 1.49. The van der Waals surface area contributed by atoms with E-state index < -0.39 is 20.5 Å². The Labute approximate surface area is 104 Å². The molecule has 0 aromatic carbocycles. The molecule has 0 aromatic heterocycles. The molecule has 4 nitrogen and oxygen atoms in total. The lowest BCUT2D eigenvalue weighted by Gasteiger charge is -2.38. The quantitative estimate of drug-likeness (QED) is 0.441. The number of ether oxygens (including phenoxy) is 1. The van der Waals surface area contributed by atoms with Crippen molar-refractivity contribution in [3.8, 4) is 0 Å². The first-order chi connectivity index (χ1) is 7.67. The zero-order chi connectivity index (χ0) is 13.3. The van der Waals surface area contributed by atoms with Crippen molar-refractivity contribution >= 4 is 20.6 Å². The summed E-state index contributed by atoms with van der Waals surface area (Å²) < 4.78 is 11.1. The SMILES string of the molecule is CC(C)(C)[Si](C)(C)O[C@@H](C=O)[C@@H]1CCC(=O)O1. The second-order valence-electron chi connectivity index (χ2n) is 6.05. The average Bonchev–Trinajstić information content (AvgIpc) is 2.59. The zero-order valence-corrected chi connectivity index (χ0v) is 12.3. The number of rotatable bonds is 4. The van der Waals surface area contributed by atoms with E-state index in [2.05, 4.69) is 33.9 Å². The molecule has 1 rings (SSSR count). The molecule has 0 saturated carbocycles. The minimum atomic E-state index is -2.00. The Morgan fingerprint density at radius 3 is 2.41 bits per heavy atom. The summed E-state index contributed by atoms with van der Waals surface area (Å²) in [6, 6.07) is 0. The van der Waals surface area contributed by atoms with Gasteiger partial charge in [0.15, 0.2) is 14.6 Å². The van der Waals surface area contributed by atoms with Crippen molar-refractivity contribution in [1.29, 1.82) is 0 Å². The lowest BCUT2D eigenvalue weighted by atomic mass is 10.1. The Kier molecular flexibility index (Phi) is 4.14. The molecule has 1 aliphatic heterocycles. The van der Waals surface area contributed by atoms with Crippen molar-refractivity contribution < 1.29 is 18.8 Å². The van der Waals surface area contributed by atoms with Crippen LogP contribution in [-0.2, 0) is 18.8 Å². The summed E-state index contributed by atoms with van der Waals surface area (Å²) in [5.74, 6) is -0.235. The lowest BCUT2D eigenvalue weighted by Crippen LogP contribution is -2.47. The Hall–Kier alpha value is -0.683. The second-order valence-corrected chi connectivity index (χ2v) is 10.8. The number of esters is 1. The van der Waals surface area contributed by atoms with Gasteiger partial charge in [0.05, 0.1) is 0 Å². The predicted octanol–water partition coefficient (Wildman–Crippen LogP) is 2.28. The van der Waals surface area contributed by atoms with Crippen LogP contribution >= 0.6 is 0 Å². The Morgan fingerprint density at radius 2 is 2.06 bits per heavy atom. The second kappa shape index (κ2) is 4.90. The average molecular weight is 258 g/mol. The van der Waals surface area contributed by atoms with Gasteiger partial charge in [-0.3, -0.25) is 4.79 Å². The molecule has 0 aromatic rings. The van der Waals surface area contributed by atoms with Crippen molar-refractivity contribution in [3.63, 3.8) is 0 Å². The smallest absolute Gasteiger partial charge is 0.306 e. The largest absolute Gasteiger partial charge is 0.459 e. The minimum Gasteiger partial charge on any atom is -0.459 e. The van der Waals surface area contributed by atoms with Gasteiger partial charge in [-0.2, -0.15) is 0 Å². The molecule has 0 spiro atoms. The first-order valence-electron chi connectivity index (χ1n) is 6.00. The van der Waals surface area contributed by atoms with Gasteiger partial charge in [-0.25, -0.2) is 0 Å². The van der Waals surface area contributed by atoms with Gasteiger partial charge in [0.25, 0.3) is 0 Å². The van der Waals surface area contributed by atoms with Crippen LogP contribution in [-0.4, -0.2) is 32.8 Å². The molecule has 1 heterocycles. The molecule has 17 heavy (non-hydrogen) atoms. The molecule has 1 fully saturated rings. The van der Waals surface area contributed by atoms with E-state index in [-0.39, 0.29) is 11.0 Å². The van der Waals surface area contributed by atoms with E-state index in [0.29, 0.717) is 12.8 Å². The van der Waals surface area contributed by atoms with Crippen LogP contribution in [0.4, 0.5) is 0 Å². The first-order valence-corrected chi connectivity index (χ1v) is 8.91. The molecule has 0 unspecified atom stereocenters. The number of carbonyl (C=O) groups excluding carboxylic acids is 2. The van der Waals surface area contributed by atoms with Crippen LogP contribution < -0.4 is 0 Å². The summed E-state index contributed by atoms with van der Waals surface area (Å²) in [5, 5.41) is 0.0386. The van der Waals surface area contributed by atoms with Crippen LogP contribution in [0.2, 0.25) is 18.1 Å². The first kappa shape index (κ1) is 14.4. The summed E-state index contributed by atoms with van der Waals surface area (Å²) in [6.07, 6.45) is 0.729. The molecule has 1 saturated heterocycles. The highest BCUT2D eigenvalue weighted by atomic mass is 28.4. The predicted molar refractivity (Wildman–Crippen MR) is 67.2 cm³/mol. The van der Waals surface area contributed by atoms with Gasteiger partial charge in [-0.1, -0.05) is 20.8 Å². The summed E-state index contributed by atoms with van der Waals surface area (Å²) in [4.78, 5) is 22.2. The highest BCUT2D eigenvalue weighted by Gasteiger charge is 2.42. The van der Waals surface area contributed by atoms with Crippen molar-refractivity contribution in [2.24, 2.45) is 0 Å². The standard InChI is InChI=1S/C12H22O4Si/c1-12(2,3)17(4,5)16-10(8-13)9-6-7-11(14)15-9/h8-10H,6-7H2,1-5H3/t9-,10-/m0/s1. The van der Waals surface area contributed by atoms with Crippen LogP contribution in [0, 0.1) is 0 Å². The van der Waals surface area contributed by atoms with Crippen molar-refractivity contribution in [1.82, 2.24) is 0 Å². The van der Waals surface area contributed by atoms with E-state index in [1.54, 1.807) is 0 Å². The third kappa shape index (κ3) is 3.39. The minimum absolute atomic E-state index is 0.0386. The molecule has 0 amide bonds. The fourth-order valence-corrected chi connectivity index (χ4v) is 2.73. The molecule has 5 heteroatoms. The van der Waals surface area contributed by atoms with E-state index in [9.17, 15) is 9.59 Å². The summed E-state index contributed by atoms with van der Waals surface area (Å²) in [6.45, 7) is 10.5. The highest BCUT2D eigenvalue weighted by Crippen LogP contribution is 2.38. The normalized spacial score (nSPS) is 23.4. The number of carbonyl (C=O) groups is 2. The Balaban J connectivity index is 2.70. The maximum Gasteiger partial charge on any atom is 0.306 e. The number of hydrogen-bond donors (Lipinski definition) is 0. The van der Waals surface area contributed by atoms with Gasteiger partial charge >= 0.3 is 5.97 Å². The molecule has 0 radical (unpaired) electrons. The van der Waals surface area contributed by atoms with Crippen molar-refractivity contribution in [2.75, 3.05) is 0 Å². The molecule has 0 aliphatic carbocycles. The monoisotopic (exact) mass is 258 g/mol. The van der Waals surface area contributed by atoms with Gasteiger partial charge in [0.2, 0.25) is 0 Å². The van der Waals surface area contributed by atoms with Crippen molar-refractivity contribution in [2.45, 2.75) is 64.0 Å². The van der Waals surface area contributed by atoms with Gasteiger partial charge in [0, 0.05) is 6.42 Å². The lowest BCUT2D eigenvalue weighted by molar-refractivity contribution is -0.145. The van der Waals surface area contributed by atoms with E-state index in [4.69, 9.17) is 9.16 Å². The summed E-state index contributed by atoms with van der Waals surface area (Å²) >= 11 is 0. The molecule has 0 N–H and O–H groups in total. The summed E-state index contributed by atoms with van der Waals surface area (Å²) in [7, 11) is -2.00. The van der Waals surface area contributed by atoms with Crippen LogP contribution in [0.1, 0.15) is 33.6 Å². The topological polar surface area (TPSA) is 52.6 Å². The van der Waals surface area contributed by atoms with E-state index in [0.717, 1.165) is 6.29 Å². The van der Waals surface area contributed by atoms with Gasteiger partial charge < -0.3 is 14.0 Å². The Bertz CT molecular complexity index is 306. The molecule has 98 valence electrons. The number of hydrogen-bond acceptors (Lipinski definition) is 4. The third-order valence-corrected chi connectivity index (χ3v) is 8.13. The van der Waals surface area contributed by atoms with E-state index in [1.807, 2.05) is 0 Å². The molecule has 1 aliphatic rings. The van der Waals surface area contributed by atoms with Crippen LogP contribution in [0.3, 0.4) is 0 Å². The van der Waals surface area contributed by atoms with Crippen LogP contribution in [0.5, 0.6) is 0 Å². The fraction of sp³-hybridized carbons (Fsp3) is 0.833. The molecule has 0 bridgehead atoms.